The molecule has 0 N–H and O–H groups in total. The van der Waals surface area contributed by atoms with Gasteiger partial charge >= 0.3 is 5.97 Å². The van der Waals surface area contributed by atoms with Crippen LogP contribution in [0.25, 0.3) is 11.3 Å². The Labute approximate surface area is 180 Å². The van der Waals surface area contributed by atoms with Crippen molar-refractivity contribution in [2.24, 2.45) is 0 Å². The number of hydrogen-bond donors (Lipinski definition) is 0. The zero-order valence-corrected chi connectivity index (χ0v) is 17.8. The average Bonchev–Trinajstić information content (AvgIpc) is 3.08. The first-order valence-electron chi connectivity index (χ1n) is 10.1. The molecule has 0 radical (unpaired) electrons. The van der Waals surface area contributed by atoms with Gasteiger partial charge in [0.2, 0.25) is 0 Å². The standard InChI is InChI=1S/C23H21NO6S/c1-28-23(25)19-14-24(22-17-7-3-2-5-15(17)6-4-8-18(19)22)31(26,27)16-9-10-20-21(13-16)30-12-11-29-20/h2-3,5,7,9-10,13-14H,4,6,8,11-12H2,1H3. The third-order valence-electron chi connectivity index (χ3n) is 5.70. The van der Waals surface area contributed by atoms with E-state index in [-0.39, 0.29) is 10.5 Å². The minimum absolute atomic E-state index is 0.0627. The summed E-state index contributed by atoms with van der Waals surface area (Å²) in [6.07, 6.45) is 3.57. The molecule has 0 amide bonds. The van der Waals surface area contributed by atoms with Gasteiger partial charge in [-0.15, -0.1) is 0 Å². The van der Waals surface area contributed by atoms with Gasteiger partial charge in [-0.05, 0) is 42.5 Å². The molecule has 1 aliphatic heterocycles. The maximum absolute atomic E-state index is 13.8. The van der Waals surface area contributed by atoms with Crippen molar-refractivity contribution in [3.8, 4) is 22.8 Å². The van der Waals surface area contributed by atoms with E-state index in [0.717, 1.165) is 24.0 Å². The Kier molecular flexibility index (Phi) is 4.74. The number of carbonyl (C=O) groups excluding carboxylic acids is 1. The van der Waals surface area contributed by atoms with Crippen molar-refractivity contribution in [3.05, 3.63) is 65.4 Å². The van der Waals surface area contributed by atoms with Crippen molar-refractivity contribution in [1.82, 2.24) is 3.97 Å². The van der Waals surface area contributed by atoms with Crippen LogP contribution < -0.4 is 9.47 Å². The van der Waals surface area contributed by atoms with Crippen LogP contribution in [0.2, 0.25) is 0 Å². The second-order valence-electron chi connectivity index (χ2n) is 7.48. The van der Waals surface area contributed by atoms with Gasteiger partial charge in [0.25, 0.3) is 10.0 Å². The summed E-state index contributed by atoms with van der Waals surface area (Å²) in [4.78, 5) is 12.6. The fourth-order valence-electron chi connectivity index (χ4n) is 4.25. The quantitative estimate of drug-likeness (QED) is 0.582. The molecule has 5 rings (SSSR count). The number of methoxy groups -OCH3 is 1. The summed E-state index contributed by atoms with van der Waals surface area (Å²) in [5, 5.41) is 0. The molecular formula is C23H21NO6S. The van der Waals surface area contributed by atoms with Gasteiger partial charge in [0, 0.05) is 17.8 Å². The smallest absolute Gasteiger partial charge is 0.339 e. The Morgan fingerprint density at radius 2 is 1.81 bits per heavy atom. The van der Waals surface area contributed by atoms with Crippen LogP contribution in [0.4, 0.5) is 0 Å². The Bertz CT molecular complexity index is 1290. The van der Waals surface area contributed by atoms with Gasteiger partial charge < -0.3 is 14.2 Å². The van der Waals surface area contributed by atoms with E-state index in [1.54, 1.807) is 6.07 Å². The second kappa shape index (κ2) is 7.46. The molecule has 31 heavy (non-hydrogen) atoms. The number of esters is 1. The molecule has 0 saturated carbocycles. The lowest BCUT2D eigenvalue weighted by Crippen LogP contribution is -2.17. The van der Waals surface area contributed by atoms with Gasteiger partial charge in [-0.25, -0.2) is 17.2 Å². The molecule has 1 aliphatic carbocycles. The Hall–Kier alpha value is -3.26. The van der Waals surface area contributed by atoms with Crippen molar-refractivity contribution >= 4 is 16.0 Å². The predicted molar refractivity (Wildman–Crippen MR) is 113 cm³/mol. The van der Waals surface area contributed by atoms with E-state index < -0.39 is 16.0 Å². The second-order valence-corrected chi connectivity index (χ2v) is 9.29. The van der Waals surface area contributed by atoms with Crippen LogP contribution in [0.1, 0.15) is 27.9 Å². The summed E-state index contributed by atoms with van der Waals surface area (Å²) in [6.45, 7) is 0.777. The molecule has 8 heteroatoms. The molecule has 0 atom stereocenters. The van der Waals surface area contributed by atoms with E-state index >= 15 is 0 Å². The van der Waals surface area contributed by atoms with Crippen LogP contribution in [0, 0.1) is 0 Å². The SMILES string of the molecule is COC(=O)c1cn(S(=O)(=O)c2ccc3c(c2)OCCO3)c2c1CCCc1ccccc1-2. The van der Waals surface area contributed by atoms with Gasteiger partial charge in [0.05, 0.1) is 23.3 Å². The Morgan fingerprint density at radius 1 is 1.03 bits per heavy atom. The van der Waals surface area contributed by atoms with Crippen LogP contribution in [0.15, 0.2) is 53.6 Å². The van der Waals surface area contributed by atoms with Crippen molar-refractivity contribution in [2.75, 3.05) is 20.3 Å². The molecule has 1 aromatic heterocycles. The predicted octanol–water partition coefficient (Wildman–Crippen LogP) is 3.44. The molecular weight excluding hydrogens is 418 g/mol. The largest absolute Gasteiger partial charge is 0.486 e. The van der Waals surface area contributed by atoms with Crippen molar-refractivity contribution < 1.29 is 27.4 Å². The molecule has 3 aromatic rings. The molecule has 2 aromatic carbocycles. The average molecular weight is 439 g/mol. The van der Waals surface area contributed by atoms with E-state index in [4.69, 9.17) is 14.2 Å². The first-order chi connectivity index (χ1) is 15.0. The molecule has 2 aliphatic rings. The fraction of sp³-hybridized carbons (Fsp3) is 0.261. The lowest BCUT2D eigenvalue weighted by molar-refractivity contribution is 0.0599. The monoisotopic (exact) mass is 439 g/mol. The lowest BCUT2D eigenvalue weighted by Gasteiger charge is -2.19. The van der Waals surface area contributed by atoms with E-state index in [1.165, 1.54) is 29.4 Å². The highest BCUT2D eigenvalue weighted by Crippen LogP contribution is 2.39. The van der Waals surface area contributed by atoms with E-state index in [0.29, 0.717) is 42.4 Å². The highest BCUT2D eigenvalue weighted by atomic mass is 32.2. The summed E-state index contributed by atoms with van der Waals surface area (Å²) in [5.41, 5.74) is 3.34. The van der Waals surface area contributed by atoms with E-state index in [2.05, 4.69) is 0 Å². The van der Waals surface area contributed by atoms with Crippen molar-refractivity contribution in [1.29, 1.82) is 0 Å². The number of nitrogens with zero attached hydrogens (tertiary/aromatic N) is 1. The number of ether oxygens (including phenoxy) is 3. The number of fused-ring (bicyclic) bond motifs is 4. The molecule has 0 fully saturated rings. The van der Waals surface area contributed by atoms with E-state index in [9.17, 15) is 13.2 Å². The molecule has 7 nitrogen and oxygen atoms in total. The zero-order valence-electron chi connectivity index (χ0n) is 17.0. The van der Waals surface area contributed by atoms with Crippen LogP contribution in [-0.2, 0) is 27.6 Å². The highest BCUT2D eigenvalue weighted by molar-refractivity contribution is 7.90. The summed E-state index contributed by atoms with van der Waals surface area (Å²) >= 11 is 0. The lowest BCUT2D eigenvalue weighted by atomic mass is 10.0. The van der Waals surface area contributed by atoms with Crippen LogP contribution in [0.5, 0.6) is 11.5 Å². The minimum atomic E-state index is -4.02. The minimum Gasteiger partial charge on any atom is -0.486 e. The summed E-state index contributed by atoms with van der Waals surface area (Å²) < 4.78 is 44.8. The first kappa shape index (κ1) is 19.7. The maximum Gasteiger partial charge on any atom is 0.339 e. The summed E-state index contributed by atoms with van der Waals surface area (Å²) in [5.74, 6) is 0.350. The first-order valence-corrected chi connectivity index (χ1v) is 11.5. The van der Waals surface area contributed by atoms with Crippen LogP contribution in [0.3, 0.4) is 0 Å². The summed E-state index contributed by atoms with van der Waals surface area (Å²) in [6, 6.07) is 12.3. The highest BCUT2D eigenvalue weighted by Gasteiger charge is 2.31. The number of aromatic nitrogens is 1. The molecule has 0 spiro atoms. The van der Waals surface area contributed by atoms with Crippen molar-refractivity contribution in [2.45, 2.75) is 24.2 Å². The third kappa shape index (κ3) is 3.18. The maximum atomic E-state index is 13.8. The van der Waals surface area contributed by atoms with Gasteiger partial charge in [-0.2, -0.15) is 0 Å². The number of aryl methyl sites for hydroxylation is 1. The topological polar surface area (TPSA) is 83.8 Å². The normalized spacial score (nSPS) is 14.9. The van der Waals surface area contributed by atoms with Gasteiger partial charge in [0.1, 0.15) is 13.2 Å². The summed E-state index contributed by atoms with van der Waals surface area (Å²) in [7, 11) is -2.72. The molecule has 0 unspecified atom stereocenters. The molecule has 2 heterocycles. The third-order valence-corrected chi connectivity index (χ3v) is 7.35. The van der Waals surface area contributed by atoms with E-state index in [1.807, 2.05) is 24.3 Å². The Morgan fingerprint density at radius 3 is 2.61 bits per heavy atom. The van der Waals surface area contributed by atoms with Gasteiger partial charge in [-0.3, -0.25) is 0 Å². The molecule has 160 valence electrons. The van der Waals surface area contributed by atoms with Gasteiger partial charge in [-0.1, -0.05) is 24.3 Å². The molecule has 0 saturated heterocycles. The van der Waals surface area contributed by atoms with Crippen LogP contribution in [-0.4, -0.2) is 38.7 Å². The number of hydrogen-bond acceptors (Lipinski definition) is 6. The number of carbonyl (C=O) groups is 1. The Balaban J connectivity index is 1.75. The molecule has 0 bridgehead atoms. The number of benzene rings is 2. The van der Waals surface area contributed by atoms with Crippen molar-refractivity contribution in [3.63, 3.8) is 0 Å². The fourth-order valence-corrected chi connectivity index (χ4v) is 5.67. The van der Waals surface area contributed by atoms with Crippen LogP contribution >= 0.6 is 0 Å². The zero-order chi connectivity index (χ0) is 21.6. The van der Waals surface area contributed by atoms with Gasteiger partial charge in [0.15, 0.2) is 11.5 Å². The number of rotatable bonds is 3.